The van der Waals surface area contributed by atoms with Crippen LogP contribution in [0.15, 0.2) is 66.8 Å². The minimum Gasteiger partial charge on any atom is -0.550 e. The van der Waals surface area contributed by atoms with E-state index in [1.54, 1.807) is 0 Å². The molecule has 1 aromatic rings. The van der Waals surface area contributed by atoms with Crippen molar-refractivity contribution in [1.82, 2.24) is 0 Å². The van der Waals surface area contributed by atoms with Gasteiger partial charge in [-0.3, -0.25) is 0 Å². The molecule has 1 aromatic carbocycles. The van der Waals surface area contributed by atoms with Crippen molar-refractivity contribution in [3.8, 4) is 0 Å². The summed E-state index contributed by atoms with van der Waals surface area (Å²) in [6.07, 6.45) is 27.7. The zero-order valence-corrected chi connectivity index (χ0v) is 27.1. The summed E-state index contributed by atoms with van der Waals surface area (Å²) in [6.45, 7) is 3.97. The summed E-state index contributed by atoms with van der Waals surface area (Å²) < 4.78 is 6.64. The number of hydrogen-bond donors (Lipinski definition) is 1. The molecule has 1 heterocycles. The van der Waals surface area contributed by atoms with Crippen LogP contribution in [0.1, 0.15) is 109 Å². The van der Waals surface area contributed by atoms with Crippen LogP contribution >= 0.6 is 0 Å². The van der Waals surface area contributed by atoms with E-state index in [1.165, 1.54) is 12.8 Å². The van der Waals surface area contributed by atoms with Crippen LogP contribution in [0.5, 0.6) is 0 Å². The van der Waals surface area contributed by atoms with Gasteiger partial charge < -0.3 is 24.2 Å². The smallest absolute Gasteiger partial charge is 0.343 e. The van der Waals surface area contributed by atoms with Gasteiger partial charge >= 0.3 is 5.97 Å². The van der Waals surface area contributed by atoms with Gasteiger partial charge in [-0.05, 0) is 63.4 Å². The van der Waals surface area contributed by atoms with Gasteiger partial charge in [0.05, 0.1) is 20.6 Å². The van der Waals surface area contributed by atoms with Gasteiger partial charge in [0, 0.05) is 18.3 Å². The third-order valence-corrected chi connectivity index (χ3v) is 8.53. The molecule has 3 rings (SSSR count). The third-order valence-electron chi connectivity index (χ3n) is 8.53. The van der Waals surface area contributed by atoms with Crippen molar-refractivity contribution in [2.24, 2.45) is 5.92 Å². The molecule has 6 nitrogen and oxygen atoms in total. The first-order valence-corrected chi connectivity index (χ1v) is 16.6. The summed E-state index contributed by atoms with van der Waals surface area (Å²) >= 11 is 0. The maximum Gasteiger partial charge on any atom is 0.343 e. The molecule has 0 amide bonds. The van der Waals surface area contributed by atoms with Crippen LogP contribution in [0, 0.1) is 5.92 Å². The van der Waals surface area contributed by atoms with E-state index in [2.05, 4.69) is 57.5 Å². The molecule has 2 unspecified atom stereocenters. The third kappa shape index (κ3) is 14.1. The Hall–Kier alpha value is -2.70. The number of nitrogens with zero attached hydrogens (tertiary/aromatic N) is 1. The molecule has 2 atom stereocenters. The predicted molar refractivity (Wildman–Crippen MR) is 173 cm³/mol. The summed E-state index contributed by atoms with van der Waals surface area (Å²) in [5, 5.41) is 21.6. The fourth-order valence-electron chi connectivity index (χ4n) is 6.01. The second-order valence-corrected chi connectivity index (χ2v) is 12.7. The number of ether oxygens (including phenoxy) is 1. The monoisotopic (exact) mass is 595 g/mol. The summed E-state index contributed by atoms with van der Waals surface area (Å²) in [5.41, 5.74) is -0.832. The second kappa shape index (κ2) is 20.3. The molecule has 0 radical (unpaired) electrons. The lowest BCUT2D eigenvalue weighted by Gasteiger charge is -2.33. The molecule has 1 saturated carbocycles. The summed E-state index contributed by atoms with van der Waals surface area (Å²) in [7, 11) is 4.29. The normalized spacial score (nSPS) is 20.0. The Bertz CT molecular complexity index is 1010. The minimum absolute atomic E-state index is 0.0405. The maximum atomic E-state index is 12.9. The van der Waals surface area contributed by atoms with E-state index < -0.39 is 17.5 Å². The Morgan fingerprint density at radius 2 is 1.51 bits per heavy atom. The van der Waals surface area contributed by atoms with E-state index in [9.17, 15) is 19.8 Å². The van der Waals surface area contributed by atoms with E-state index in [1.807, 2.05) is 30.3 Å². The number of carbonyl (C=O) groups excluding carboxylic acids is 2. The fraction of sp³-hybridized carbons (Fsp3) is 0.622. The van der Waals surface area contributed by atoms with Gasteiger partial charge in [0.2, 0.25) is 0 Å². The number of aliphatic hydroxyl groups is 1. The van der Waals surface area contributed by atoms with Gasteiger partial charge in [-0.25, -0.2) is 4.79 Å². The first-order chi connectivity index (χ1) is 20.7. The van der Waals surface area contributed by atoms with E-state index in [4.69, 9.17) is 4.74 Å². The lowest BCUT2D eigenvalue weighted by Crippen LogP contribution is -2.46. The maximum absolute atomic E-state index is 12.9. The quantitative estimate of drug-likeness (QED) is 0.0928. The molecule has 0 bridgehead atoms. The van der Waals surface area contributed by atoms with Crippen molar-refractivity contribution in [3.05, 3.63) is 72.4 Å². The number of likely N-dealkylation sites (N-methyl/N-ethyl adjacent to an activating group) is 1. The van der Waals surface area contributed by atoms with Crippen LogP contribution in [0.3, 0.4) is 0 Å². The van der Waals surface area contributed by atoms with E-state index in [0.29, 0.717) is 5.56 Å². The Balaban J connectivity index is 0.000000304. The van der Waals surface area contributed by atoms with Gasteiger partial charge in [0.15, 0.2) is 11.7 Å². The molecule has 0 aromatic heterocycles. The van der Waals surface area contributed by atoms with Crippen molar-refractivity contribution >= 4 is 11.9 Å². The van der Waals surface area contributed by atoms with Crippen LogP contribution in [-0.4, -0.2) is 54.8 Å². The molecule has 6 heteroatoms. The molecule has 43 heavy (non-hydrogen) atoms. The number of hydrogen-bond acceptors (Lipinski definition) is 5. The highest BCUT2D eigenvalue weighted by atomic mass is 16.6. The highest BCUT2D eigenvalue weighted by Crippen LogP contribution is 2.42. The van der Waals surface area contributed by atoms with E-state index in [0.717, 1.165) is 94.6 Å². The lowest BCUT2D eigenvalue weighted by atomic mass is 9.80. The Kier molecular flexibility index (Phi) is 17.2. The molecule has 2 aliphatic rings. The number of rotatable bonds is 17. The molecule has 1 N–H and O–H groups in total. The van der Waals surface area contributed by atoms with Crippen LogP contribution in [0.2, 0.25) is 0 Å². The van der Waals surface area contributed by atoms with Crippen molar-refractivity contribution in [2.75, 3.05) is 27.2 Å². The number of esters is 1. The number of unbranched alkanes of at least 4 members (excludes halogenated alkanes) is 5. The molecular weight excluding hydrogens is 538 g/mol. The second-order valence-electron chi connectivity index (χ2n) is 12.7. The Morgan fingerprint density at radius 3 is 2.12 bits per heavy atom. The highest BCUT2D eigenvalue weighted by Gasteiger charge is 2.49. The average molecular weight is 596 g/mol. The number of carboxylic acid groups (broad SMARTS) is 1. The average Bonchev–Trinajstić information content (AvgIpc) is 3.65. The van der Waals surface area contributed by atoms with Gasteiger partial charge in [-0.15, -0.1) is 0 Å². The topological polar surface area (TPSA) is 86.7 Å². The fourth-order valence-corrected chi connectivity index (χ4v) is 6.01. The van der Waals surface area contributed by atoms with Crippen molar-refractivity contribution in [3.63, 3.8) is 0 Å². The number of carbonyl (C=O) groups is 2. The predicted octanol–water partition coefficient (Wildman–Crippen LogP) is 6.78. The standard InChI is InChI=1S/C19H28NO3.C18H30O2/c1-20(2)13-12-17(14-20)23-18(21)19(22,16-10-6-7-11-16)15-8-4-3-5-9-15;1-2-3-4-5-6-7-8-9-10-11-12-13-14-15-16-17-18(19)20/h3-5,8-9,16-17,22H,6-7,10-14H2,1-2H3;3-4,6-7,9-10H,2,5,8,11-17H2,1H3,(H,19,20)/q+1;/p-1/b;4-3-,7-6-,10-9-. The molecule has 240 valence electrons. The van der Waals surface area contributed by atoms with Crippen molar-refractivity contribution in [1.29, 1.82) is 0 Å². The van der Waals surface area contributed by atoms with E-state index >= 15 is 0 Å². The Morgan fingerprint density at radius 1 is 0.907 bits per heavy atom. The number of carboxylic acids is 1. The molecule has 1 aliphatic carbocycles. The van der Waals surface area contributed by atoms with Gasteiger partial charge in [0.1, 0.15) is 6.54 Å². The van der Waals surface area contributed by atoms with Crippen LogP contribution in [-0.2, 0) is 19.9 Å². The number of aliphatic carboxylic acids is 1. The minimum atomic E-state index is -1.50. The molecular formula is C37H57NO5. The van der Waals surface area contributed by atoms with E-state index in [-0.39, 0.29) is 18.4 Å². The van der Waals surface area contributed by atoms with Crippen LogP contribution in [0.4, 0.5) is 0 Å². The highest BCUT2D eigenvalue weighted by molar-refractivity contribution is 5.81. The van der Waals surface area contributed by atoms with Gasteiger partial charge in [-0.2, -0.15) is 0 Å². The first-order valence-electron chi connectivity index (χ1n) is 16.6. The number of likely N-dealkylation sites (tertiary alicyclic amines) is 1. The summed E-state index contributed by atoms with van der Waals surface area (Å²) in [5.74, 6) is -1.42. The molecule has 2 fully saturated rings. The van der Waals surface area contributed by atoms with Gasteiger partial charge in [0.25, 0.3) is 0 Å². The van der Waals surface area contributed by atoms with Crippen LogP contribution < -0.4 is 5.11 Å². The van der Waals surface area contributed by atoms with Crippen LogP contribution in [0.25, 0.3) is 0 Å². The molecule has 1 aliphatic heterocycles. The van der Waals surface area contributed by atoms with Crippen molar-refractivity contribution in [2.45, 2.75) is 115 Å². The lowest BCUT2D eigenvalue weighted by molar-refractivity contribution is -0.879. The SMILES string of the molecule is CC/C=C\C/C=C\C/C=C\CCCCCCCC(=O)[O-].C[N+]1(C)CCC(OC(=O)C(O)(c2ccccc2)C2CCCC2)C1. The zero-order chi connectivity index (χ0) is 31.4. The summed E-state index contributed by atoms with van der Waals surface area (Å²) in [4.78, 5) is 23.1. The summed E-state index contributed by atoms with van der Waals surface area (Å²) in [6, 6.07) is 9.33. The number of allylic oxidation sites excluding steroid dienone is 6. The number of benzene rings is 1. The van der Waals surface area contributed by atoms with Gasteiger partial charge in [-0.1, -0.05) is 106 Å². The Labute approximate surface area is 261 Å². The molecule has 1 saturated heterocycles. The van der Waals surface area contributed by atoms with Crippen molar-refractivity contribution < 1.29 is 29.0 Å². The molecule has 0 spiro atoms. The number of quaternary nitrogens is 1. The largest absolute Gasteiger partial charge is 0.550 e. The zero-order valence-electron chi connectivity index (χ0n) is 27.1. The first kappa shape index (κ1) is 36.5.